The van der Waals surface area contributed by atoms with Gasteiger partial charge in [0, 0.05) is 6.42 Å². The zero-order valence-electron chi connectivity index (χ0n) is 11.4. The summed E-state index contributed by atoms with van der Waals surface area (Å²) < 4.78 is 70.4. The summed E-state index contributed by atoms with van der Waals surface area (Å²) in [6, 6.07) is 0. The summed E-state index contributed by atoms with van der Waals surface area (Å²) in [4.78, 5) is 23.2. The van der Waals surface area contributed by atoms with Crippen LogP contribution in [0.1, 0.15) is 23.2 Å². The first-order valence-corrected chi connectivity index (χ1v) is 5.99. The van der Waals surface area contributed by atoms with Crippen LogP contribution in [-0.4, -0.2) is 18.9 Å². The molecule has 1 rings (SSSR count). The third-order valence-electron chi connectivity index (χ3n) is 2.91. The Labute approximate surface area is 122 Å². The smallest absolute Gasteiger partial charge is 0.309 e. The van der Waals surface area contributed by atoms with E-state index in [-0.39, 0.29) is 6.42 Å². The van der Waals surface area contributed by atoms with Gasteiger partial charge in [-0.15, -0.1) is 6.58 Å². The first kappa shape index (κ1) is 17.8. The van der Waals surface area contributed by atoms with Crippen molar-refractivity contribution in [2.75, 3.05) is 7.11 Å². The van der Waals surface area contributed by atoms with E-state index < -0.39 is 58.7 Å². The summed E-state index contributed by atoms with van der Waals surface area (Å²) in [5.41, 5.74) is -1.57. The minimum atomic E-state index is -2.36. The molecular weight excluding hydrogens is 311 g/mol. The van der Waals surface area contributed by atoms with Crippen LogP contribution in [0.4, 0.5) is 22.0 Å². The number of carbonyl (C=O) groups is 2. The molecule has 120 valence electrons. The maximum atomic E-state index is 13.5. The van der Waals surface area contributed by atoms with Gasteiger partial charge in [0.1, 0.15) is 0 Å². The second-order valence-electron chi connectivity index (χ2n) is 4.32. The van der Waals surface area contributed by atoms with Gasteiger partial charge < -0.3 is 4.74 Å². The number of Topliss-reactive ketones (excluding diaryl/α,β-unsaturated/α-hetero) is 1. The van der Waals surface area contributed by atoms with Gasteiger partial charge in [-0.25, -0.2) is 22.0 Å². The molecule has 3 nitrogen and oxygen atoms in total. The fourth-order valence-electron chi connectivity index (χ4n) is 1.81. The van der Waals surface area contributed by atoms with E-state index in [1.54, 1.807) is 0 Å². The summed E-state index contributed by atoms with van der Waals surface area (Å²) in [7, 11) is 1.03. The SMILES string of the molecule is C=CCC(CC(=O)c1c(F)c(F)c(F)c(F)c1F)C(=O)OC. The Bertz CT molecular complexity index is 598. The first-order valence-electron chi connectivity index (χ1n) is 5.99. The van der Waals surface area contributed by atoms with Gasteiger partial charge in [0.05, 0.1) is 18.6 Å². The van der Waals surface area contributed by atoms with Crippen LogP contribution in [0, 0.1) is 35.0 Å². The lowest BCUT2D eigenvalue weighted by Crippen LogP contribution is -2.22. The molecule has 1 unspecified atom stereocenters. The molecule has 1 aromatic rings. The number of methoxy groups -OCH3 is 1. The van der Waals surface area contributed by atoms with Crippen LogP contribution >= 0.6 is 0 Å². The van der Waals surface area contributed by atoms with Crippen LogP contribution in [-0.2, 0) is 9.53 Å². The summed E-state index contributed by atoms with van der Waals surface area (Å²) >= 11 is 0. The van der Waals surface area contributed by atoms with Gasteiger partial charge in [0.25, 0.3) is 0 Å². The number of esters is 1. The lowest BCUT2D eigenvalue weighted by atomic mass is 9.94. The Hall–Kier alpha value is -2.25. The molecule has 0 amide bonds. The highest BCUT2D eigenvalue weighted by atomic mass is 19.2. The van der Waals surface area contributed by atoms with E-state index in [1.807, 2.05) is 0 Å². The van der Waals surface area contributed by atoms with Crippen LogP contribution in [0.2, 0.25) is 0 Å². The fraction of sp³-hybridized carbons (Fsp3) is 0.286. The quantitative estimate of drug-likeness (QED) is 0.201. The number of hydrogen-bond acceptors (Lipinski definition) is 3. The van der Waals surface area contributed by atoms with E-state index in [2.05, 4.69) is 11.3 Å². The van der Waals surface area contributed by atoms with Gasteiger partial charge in [-0.3, -0.25) is 9.59 Å². The van der Waals surface area contributed by atoms with E-state index in [0.717, 1.165) is 7.11 Å². The van der Waals surface area contributed by atoms with Crippen LogP contribution in [0.5, 0.6) is 0 Å². The van der Waals surface area contributed by atoms with E-state index in [9.17, 15) is 31.5 Å². The summed E-state index contributed by atoms with van der Waals surface area (Å²) in [5.74, 6) is -14.7. The Morgan fingerprint density at radius 2 is 1.50 bits per heavy atom. The fourth-order valence-corrected chi connectivity index (χ4v) is 1.81. The highest BCUT2D eigenvalue weighted by Crippen LogP contribution is 2.26. The molecule has 0 aliphatic carbocycles. The number of halogens is 5. The van der Waals surface area contributed by atoms with Crippen molar-refractivity contribution >= 4 is 11.8 Å². The predicted molar refractivity (Wildman–Crippen MR) is 65.5 cm³/mol. The average Bonchev–Trinajstić information content (AvgIpc) is 2.50. The maximum absolute atomic E-state index is 13.5. The van der Waals surface area contributed by atoms with Crippen molar-refractivity contribution < 1.29 is 36.3 Å². The molecule has 0 bridgehead atoms. The minimum absolute atomic E-state index is 0.0617. The highest BCUT2D eigenvalue weighted by molar-refractivity contribution is 5.98. The molecule has 0 saturated heterocycles. The molecule has 0 radical (unpaired) electrons. The second-order valence-corrected chi connectivity index (χ2v) is 4.32. The van der Waals surface area contributed by atoms with E-state index in [4.69, 9.17) is 0 Å². The number of hydrogen-bond donors (Lipinski definition) is 0. The third kappa shape index (κ3) is 3.32. The standard InChI is InChI=1S/C14H11F5O3/c1-3-4-6(14(21)22-2)5-7(20)8-9(15)11(17)13(19)12(18)10(8)16/h3,6H,1,4-5H2,2H3. The number of allylic oxidation sites excluding steroid dienone is 1. The van der Waals surface area contributed by atoms with E-state index in [1.165, 1.54) is 6.08 Å². The topological polar surface area (TPSA) is 43.4 Å². The lowest BCUT2D eigenvalue weighted by Gasteiger charge is -2.13. The summed E-state index contributed by atoms with van der Waals surface area (Å²) in [5, 5.41) is 0. The molecule has 0 N–H and O–H groups in total. The van der Waals surface area contributed by atoms with Gasteiger partial charge in [0.15, 0.2) is 29.1 Å². The Morgan fingerprint density at radius 3 is 1.91 bits per heavy atom. The molecule has 0 saturated carbocycles. The zero-order chi connectivity index (χ0) is 17.0. The van der Waals surface area contributed by atoms with Gasteiger partial charge >= 0.3 is 5.97 Å². The number of ketones is 1. The lowest BCUT2D eigenvalue weighted by molar-refractivity contribution is -0.145. The van der Waals surface area contributed by atoms with Crippen LogP contribution in [0.15, 0.2) is 12.7 Å². The summed E-state index contributed by atoms with van der Waals surface area (Å²) in [6.07, 6.45) is 0.415. The molecule has 0 fully saturated rings. The molecular formula is C14H11F5O3. The van der Waals surface area contributed by atoms with Crippen molar-refractivity contribution in [2.45, 2.75) is 12.8 Å². The number of benzene rings is 1. The zero-order valence-corrected chi connectivity index (χ0v) is 11.4. The van der Waals surface area contributed by atoms with Crippen molar-refractivity contribution in [3.05, 3.63) is 47.3 Å². The van der Waals surface area contributed by atoms with Gasteiger partial charge in [-0.1, -0.05) is 6.08 Å². The van der Waals surface area contributed by atoms with Crippen LogP contribution in [0.3, 0.4) is 0 Å². The Balaban J connectivity index is 3.23. The third-order valence-corrected chi connectivity index (χ3v) is 2.91. The molecule has 0 aliphatic rings. The Kier molecular flexibility index (Phi) is 5.78. The maximum Gasteiger partial charge on any atom is 0.309 e. The molecule has 0 spiro atoms. The predicted octanol–water partition coefficient (Wildman–Crippen LogP) is 3.32. The Morgan fingerprint density at radius 1 is 1.05 bits per heavy atom. The number of rotatable bonds is 6. The van der Waals surface area contributed by atoms with E-state index in [0.29, 0.717) is 0 Å². The summed E-state index contributed by atoms with van der Waals surface area (Å²) in [6.45, 7) is 3.34. The molecule has 0 aromatic heterocycles. The normalized spacial score (nSPS) is 11.9. The molecule has 0 heterocycles. The van der Waals surface area contributed by atoms with Crippen molar-refractivity contribution in [3.8, 4) is 0 Å². The average molecular weight is 322 g/mol. The van der Waals surface area contributed by atoms with Crippen molar-refractivity contribution in [3.63, 3.8) is 0 Å². The van der Waals surface area contributed by atoms with E-state index >= 15 is 0 Å². The second kappa shape index (κ2) is 7.15. The van der Waals surface area contributed by atoms with Crippen LogP contribution in [0.25, 0.3) is 0 Å². The number of ether oxygens (including phenoxy) is 1. The first-order chi connectivity index (χ1) is 10.3. The van der Waals surface area contributed by atoms with Crippen LogP contribution < -0.4 is 0 Å². The molecule has 1 atom stereocenters. The molecule has 1 aromatic carbocycles. The van der Waals surface area contributed by atoms with Crippen molar-refractivity contribution in [1.82, 2.24) is 0 Å². The van der Waals surface area contributed by atoms with Gasteiger partial charge in [0.2, 0.25) is 5.82 Å². The number of carbonyl (C=O) groups excluding carboxylic acids is 2. The van der Waals surface area contributed by atoms with Crippen molar-refractivity contribution in [1.29, 1.82) is 0 Å². The highest BCUT2D eigenvalue weighted by Gasteiger charge is 2.32. The van der Waals surface area contributed by atoms with Gasteiger partial charge in [-0.2, -0.15) is 0 Å². The van der Waals surface area contributed by atoms with Gasteiger partial charge in [-0.05, 0) is 6.42 Å². The van der Waals surface area contributed by atoms with Crippen molar-refractivity contribution in [2.24, 2.45) is 5.92 Å². The largest absolute Gasteiger partial charge is 0.469 e. The molecule has 8 heteroatoms. The molecule has 22 heavy (non-hydrogen) atoms. The molecule has 0 aliphatic heterocycles. The monoisotopic (exact) mass is 322 g/mol. The minimum Gasteiger partial charge on any atom is -0.469 e.